The van der Waals surface area contributed by atoms with Crippen molar-refractivity contribution in [2.75, 3.05) is 6.54 Å². The summed E-state index contributed by atoms with van der Waals surface area (Å²) < 4.78 is 0. The first-order valence-corrected chi connectivity index (χ1v) is 8.98. The second-order valence-electron chi connectivity index (χ2n) is 6.22. The Labute approximate surface area is 154 Å². The van der Waals surface area contributed by atoms with Crippen molar-refractivity contribution in [2.45, 2.75) is 25.7 Å². The van der Waals surface area contributed by atoms with Crippen LogP contribution in [0.25, 0.3) is 11.4 Å². The van der Waals surface area contributed by atoms with Crippen LogP contribution in [0.4, 0.5) is 0 Å². The number of carbonyl (C=O) groups excluding carboxylic acids is 1. The molecule has 26 heavy (non-hydrogen) atoms. The highest BCUT2D eigenvalue weighted by Gasteiger charge is 2.03. The van der Waals surface area contributed by atoms with Crippen LogP contribution in [0.1, 0.15) is 24.0 Å². The Morgan fingerprint density at radius 1 is 0.808 bits per heavy atom. The Balaban J connectivity index is 1.37. The molecule has 4 heteroatoms. The van der Waals surface area contributed by atoms with E-state index in [1.165, 1.54) is 5.56 Å². The van der Waals surface area contributed by atoms with Gasteiger partial charge in [-0.05, 0) is 30.4 Å². The van der Waals surface area contributed by atoms with Crippen molar-refractivity contribution >= 4 is 5.91 Å². The number of aromatic nitrogens is 2. The van der Waals surface area contributed by atoms with Crippen molar-refractivity contribution < 1.29 is 4.79 Å². The van der Waals surface area contributed by atoms with Gasteiger partial charge in [0, 0.05) is 30.9 Å². The quantitative estimate of drug-likeness (QED) is 0.675. The monoisotopic (exact) mass is 345 g/mol. The van der Waals surface area contributed by atoms with E-state index in [0.717, 1.165) is 36.2 Å². The summed E-state index contributed by atoms with van der Waals surface area (Å²) in [7, 11) is 0. The van der Waals surface area contributed by atoms with Gasteiger partial charge in [-0.2, -0.15) is 0 Å². The van der Waals surface area contributed by atoms with Gasteiger partial charge in [-0.1, -0.05) is 60.7 Å². The van der Waals surface area contributed by atoms with Gasteiger partial charge >= 0.3 is 0 Å². The van der Waals surface area contributed by atoms with Crippen LogP contribution in [0.5, 0.6) is 0 Å². The largest absolute Gasteiger partial charge is 0.356 e. The smallest absolute Gasteiger partial charge is 0.220 e. The minimum absolute atomic E-state index is 0.0998. The topological polar surface area (TPSA) is 54.9 Å². The van der Waals surface area contributed by atoms with Crippen LogP contribution in [0, 0.1) is 0 Å². The summed E-state index contributed by atoms with van der Waals surface area (Å²) in [6.45, 7) is 0.609. The van der Waals surface area contributed by atoms with E-state index >= 15 is 0 Å². The first-order chi connectivity index (χ1) is 12.8. The lowest BCUT2D eigenvalue weighted by atomic mass is 10.1. The number of hydrogen-bond donors (Lipinski definition) is 1. The number of nitrogens with zero attached hydrogens (tertiary/aromatic N) is 2. The molecule has 1 N–H and O–H groups in total. The van der Waals surface area contributed by atoms with Crippen LogP contribution in [-0.2, 0) is 17.6 Å². The Bertz CT molecular complexity index is 802. The summed E-state index contributed by atoms with van der Waals surface area (Å²) in [6, 6.07) is 20.1. The molecule has 3 aromatic rings. The van der Waals surface area contributed by atoms with Crippen LogP contribution in [0.15, 0.2) is 73.1 Å². The van der Waals surface area contributed by atoms with Gasteiger partial charge in [0.25, 0.3) is 0 Å². The summed E-state index contributed by atoms with van der Waals surface area (Å²) in [5, 5.41) is 2.97. The zero-order chi connectivity index (χ0) is 18.0. The Kier molecular flexibility index (Phi) is 6.48. The van der Waals surface area contributed by atoms with E-state index in [1.807, 2.05) is 60.9 Å². The average Bonchev–Trinajstić information content (AvgIpc) is 2.70. The number of nitrogens with one attached hydrogen (secondary N) is 1. The SMILES string of the molecule is O=C(CCCc1ccccc1)NCCc1cnc(-c2ccccc2)nc1. The number of aryl methyl sites for hydroxylation is 1. The molecule has 4 nitrogen and oxygen atoms in total. The normalized spacial score (nSPS) is 10.5. The molecule has 0 aliphatic rings. The molecule has 1 aromatic heterocycles. The first-order valence-electron chi connectivity index (χ1n) is 8.98. The minimum Gasteiger partial charge on any atom is -0.356 e. The fraction of sp³-hybridized carbons (Fsp3) is 0.227. The van der Waals surface area contributed by atoms with E-state index < -0.39 is 0 Å². The Morgan fingerprint density at radius 2 is 1.46 bits per heavy atom. The van der Waals surface area contributed by atoms with Gasteiger partial charge in [0.05, 0.1) is 0 Å². The summed E-state index contributed by atoms with van der Waals surface area (Å²) in [5.74, 6) is 0.821. The summed E-state index contributed by atoms with van der Waals surface area (Å²) >= 11 is 0. The fourth-order valence-electron chi connectivity index (χ4n) is 2.75. The number of hydrogen-bond acceptors (Lipinski definition) is 3. The molecule has 0 aliphatic heterocycles. The van der Waals surface area contributed by atoms with E-state index in [0.29, 0.717) is 13.0 Å². The zero-order valence-corrected chi connectivity index (χ0v) is 14.8. The third-order valence-electron chi connectivity index (χ3n) is 4.19. The highest BCUT2D eigenvalue weighted by molar-refractivity contribution is 5.75. The molecule has 3 rings (SSSR count). The highest BCUT2D eigenvalue weighted by atomic mass is 16.1. The van der Waals surface area contributed by atoms with Gasteiger partial charge in [0.2, 0.25) is 5.91 Å². The minimum atomic E-state index is 0.0998. The standard InChI is InChI=1S/C22H23N3O/c26-21(13-7-10-18-8-3-1-4-9-18)23-15-14-19-16-24-22(25-17-19)20-11-5-2-6-12-20/h1-6,8-9,11-12,16-17H,7,10,13-15H2,(H,23,26). The van der Waals surface area contributed by atoms with Crippen LogP contribution in [0.3, 0.4) is 0 Å². The third-order valence-corrected chi connectivity index (χ3v) is 4.19. The molecule has 0 radical (unpaired) electrons. The number of carbonyl (C=O) groups is 1. The molecule has 0 spiro atoms. The summed E-state index contributed by atoms with van der Waals surface area (Å²) in [5.41, 5.74) is 3.30. The number of amides is 1. The van der Waals surface area contributed by atoms with E-state index in [4.69, 9.17) is 0 Å². The van der Waals surface area contributed by atoms with Crippen LogP contribution >= 0.6 is 0 Å². The van der Waals surface area contributed by atoms with Crippen LogP contribution in [-0.4, -0.2) is 22.4 Å². The second kappa shape index (κ2) is 9.47. The van der Waals surface area contributed by atoms with Crippen LogP contribution < -0.4 is 5.32 Å². The maximum absolute atomic E-state index is 11.9. The van der Waals surface area contributed by atoms with Gasteiger partial charge in [0.15, 0.2) is 5.82 Å². The second-order valence-corrected chi connectivity index (χ2v) is 6.22. The molecule has 0 unspecified atom stereocenters. The predicted octanol–water partition coefficient (Wildman–Crippen LogP) is 3.83. The Morgan fingerprint density at radius 3 is 2.15 bits per heavy atom. The van der Waals surface area contributed by atoms with E-state index in [-0.39, 0.29) is 5.91 Å². The maximum Gasteiger partial charge on any atom is 0.220 e. The van der Waals surface area contributed by atoms with Gasteiger partial charge in [-0.3, -0.25) is 4.79 Å². The average molecular weight is 345 g/mol. The van der Waals surface area contributed by atoms with Crippen molar-refractivity contribution in [3.05, 3.63) is 84.2 Å². The molecule has 0 saturated heterocycles. The molecule has 132 valence electrons. The van der Waals surface area contributed by atoms with Crippen molar-refractivity contribution in [2.24, 2.45) is 0 Å². The van der Waals surface area contributed by atoms with Gasteiger partial charge in [-0.25, -0.2) is 9.97 Å². The zero-order valence-electron chi connectivity index (χ0n) is 14.8. The van der Waals surface area contributed by atoms with E-state index in [9.17, 15) is 4.79 Å². The summed E-state index contributed by atoms with van der Waals surface area (Å²) in [6.07, 6.45) is 6.75. The molecule has 2 aromatic carbocycles. The molecule has 0 saturated carbocycles. The number of rotatable bonds is 8. The lowest BCUT2D eigenvalue weighted by Gasteiger charge is -2.06. The van der Waals surface area contributed by atoms with Gasteiger partial charge in [-0.15, -0.1) is 0 Å². The molecular weight excluding hydrogens is 322 g/mol. The lowest BCUT2D eigenvalue weighted by Crippen LogP contribution is -2.25. The molecule has 1 amide bonds. The van der Waals surface area contributed by atoms with E-state index in [2.05, 4.69) is 27.4 Å². The van der Waals surface area contributed by atoms with Crippen molar-refractivity contribution in [1.29, 1.82) is 0 Å². The highest BCUT2D eigenvalue weighted by Crippen LogP contribution is 2.13. The maximum atomic E-state index is 11.9. The van der Waals surface area contributed by atoms with Crippen molar-refractivity contribution in [3.8, 4) is 11.4 Å². The molecule has 0 fully saturated rings. The first kappa shape index (κ1) is 17.8. The van der Waals surface area contributed by atoms with Crippen molar-refractivity contribution in [1.82, 2.24) is 15.3 Å². The summed E-state index contributed by atoms with van der Waals surface area (Å²) in [4.78, 5) is 20.7. The number of benzene rings is 2. The molecular formula is C22H23N3O. The molecule has 0 atom stereocenters. The lowest BCUT2D eigenvalue weighted by molar-refractivity contribution is -0.121. The van der Waals surface area contributed by atoms with Gasteiger partial charge in [0.1, 0.15) is 0 Å². The third kappa shape index (κ3) is 5.52. The van der Waals surface area contributed by atoms with Crippen molar-refractivity contribution in [3.63, 3.8) is 0 Å². The van der Waals surface area contributed by atoms with E-state index in [1.54, 1.807) is 0 Å². The van der Waals surface area contributed by atoms with Crippen LogP contribution in [0.2, 0.25) is 0 Å². The molecule has 0 bridgehead atoms. The van der Waals surface area contributed by atoms with Gasteiger partial charge < -0.3 is 5.32 Å². The fourth-order valence-corrected chi connectivity index (χ4v) is 2.75. The molecule has 1 heterocycles. The molecule has 0 aliphatic carbocycles. The Hall–Kier alpha value is -3.01. The predicted molar refractivity (Wildman–Crippen MR) is 104 cm³/mol.